The van der Waals surface area contributed by atoms with Gasteiger partial charge in [-0.05, 0) is 44.0 Å². The number of fused-ring (bicyclic) bond motifs is 1. The normalized spacial score (nSPS) is 23.5. The van der Waals surface area contributed by atoms with E-state index in [-0.39, 0.29) is 35.0 Å². The van der Waals surface area contributed by atoms with Crippen LogP contribution in [0.25, 0.3) is 5.52 Å². The zero-order valence-electron chi connectivity index (χ0n) is 26.9. The number of benzene rings is 1. The van der Waals surface area contributed by atoms with Crippen molar-refractivity contribution in [2.24, 2.45) is 10.9 Å². The van der Waals surface area contributed by atoms with Crippen molar-refractivity contribution in [2.45, 2.75) is 77.2 Å². The van der Waals surface area contributed by atoms with E-state index < -0.39 is 64.7 Å². The minimum absolute atomic E-state index is 0.178. The molecular formula is C29H41N5O12P2. The number of esters is 1. The topological polar surface area (TPSA) is 237 Å². The third kappa shape index (κ3) is 8.86. The van der Waals surface area contributed by atoms with Crippen LogP contribution < -0.4 is 10.0 Å². The first-order valence-corrected chi connectivity index (χ1v) is 18.3. The number of rotatable bonds is 16. The van der Waals surface area contributed by atoms with Crippen LogP contribution in [0.4, 0.5) is 0 Å². The zero-order chi connectivity index (χ0) is 35.3. The summed E-state index contributed by atoms with van der Waals surface area (Å²) in [5.74, 6) is 0.697. The summed E-state index contributed by atoms with van der Waals surface area (Å²) in [5, 5.41) is 34.7. The number of hydrogen-bond donors (Lipinski definition) is 5. The molecule has 3 heterocycles. The minimum Gasteiger partial charge on any atom is -0.464 e. The average molecular weight is 714 g/mol. The Morgan fingerprint density at radius 2 is 1.83 bits per heavy atom. The smallest absolute Gasteiger partial charge is 0.464 e. The number of phosphoric ester groups is 1. The Kier molecular flexibility index (Phi) is 12.2. The van der Waals surface area contributed by atoms with E-state index in [9.17, 15) is 24.1 Å². The maximum atomic E-state index is 13.9. The Morgan fingerprint density at radius 3 is 2.48 bits per heavy atom. The highest BCUT2D eigenvalue weighted by Gasteiger charge is 2.54. The molecule has 1 aliphatic rings. The summed E-state index contributed by atoms with van der Waals surface area (Å²) in [6.45, 7) is 6.03. The molecule has 0 aliphatic carbocycles. The molecule has 4 rings (SSSR count). The summed E-state index contributed by atoms with van der Waals surface area (Å²) < 4.78 is 54.6. The molecule has 1 aliphatic heterocycles. The molecule has 19 heteroatoms. The van der Waals surface area contributed by atoms with E-state index in [0.29, 0.717) is 0 Å². The van der Waals surface area contributed by atoms with Crippen molar-refractivity contribution in [3.05, 3.63) is 60.0 Å². The van der Waals surface area contributed by atoms with Gasteiger partial charge in [-0.25, -0.2) is 18.4 Å². The quantitative estimate of drug-likeness (QED) is 0.0817. The number of para-hydroxylation sites is 1. The predicted molar refractivity (Wildman–Crippen MR) is 170 cm³/mol. The second-order valence-electron chi connectivity index (χ2n) is 11.4. The second kappa shape index (κ2) is 15.5. The molecule has 1 unspecified atom stereocenters. The minimum atomic E-state index is -4.81. The fourth-order valence-corrected chi connectivity index (χ4v) is 6.54. The zero-order valence-corrected chi connectivity index (χ0v) is 28.6. The van der Waals surface area contributed by atoms with E-state index in [1.807, 2.05) is 13.8 Å². The molecule has 2 aromatic heterocycles. The maximum absolute atomic E-state index is 13.9. The fraction of sp³-hybridized carbons (Fsp3) is 0.517. The Bertz CT molecular complexity index is 1740. The molecule has 17 nitrogen and oxygen atoms in total. The SMILES string of the molecule is CCC(CC)COC(=O)[C@H](C)/N=C/P(=O)(OC[C@H]1O[C@@](C)(c2ccc3c(=N)n(COP(=O)(O)O)cnn23)[C@H](O)[C@@H]1O)Oc1ccccc1. The number of carbonyl (C=O) groups is 1. The summed E-state index contributed by atoms with van der Waals surface area (Å²) in [7, 11) is -9.05. The number of aliphatic hydroxyl groups excluding tert-OH is 2. The Labute approximate surface area is 276 Å². The Morgan fingerprint density at radius 1 is 1.15 bits per heavy atom. The Hall–Kier alpha value is -3.24. The largest absolute Gasteiger partial charge is 0.471 e. The molecule has 0 radical (unpaired) electrons. The predicted octanol–water partition coefficient (Wildman–Crippen LogP) is 2.70. The lowest BCUT2D eigenvalue weighted by molar-refractivity contribution is -0.146. The van der Waals surface area contributed by atoms with Crippen molar-refractivity contribution >= 4 is 32.9 Å². The maximum Gasteiger partial charge on any atom is 0.471 e. The summed E-state index contributed by atoms with van der Waals surface area (Å²) in [6, 6.07) is 10.1. The average Bonchev–Trinajstić information content (AvgIpc) is 3.59. The number of aliphatic hydroxyl groups is 2. The van der Waals surface area contributed by atoms with Crippen LogP contribution in [0.5, 0.6) is 5.75 Å². The first-order chi connectivity index (χ1) is 22.6. The number of phosphoric acid groups is 1. The fourth-order valence-electron chi connectivity index (χ4n) is 4.97. The van der Waals surface area contributed by atoms with Crippen LogP contribution in [0.2, 0.25) is 0 Å². The molecular weight excluding hydrogens is 672 g/mol. The number of carbonyl (C=O) groups excluding carboxylic acids is 1. The van der Waals surface area contributed by atoms with Crippen LogP contribution in [0.1, 0.15) is 46.2 Å². The van der Waals surface area contributed by atoms with Crippen LogP contribution in [0, 0.1) is 11.3 Å². The number of nitrogens with zero attached hydrogens (tertiary/aromatic N) is 4. The third-order valence-electron chi connectivity index (χ3n) is 8.01. The highest BCUT2D eigenvalue weighted by molar-refractivity contribution is 7.70. The highest BCUT2D eigenvalue weighted by atomic mass is 31.2. The van der Waals surface area contributed by atoms with Gasteiger partial charge in [0.05, 0.1) is 18.9 Å². The van der Waals surface area contributed by atoms with Crippen molar-refractivity contribution < 1.29 is 57.0 Å². The van der Waals surface area contributed by atoms with E-state index in [0.717, 1.165) is 29.7 Å². The van der Waals surface area contributed by atoms with Crippen LogP contribution in [0.3, 0.4) is 0 Å². The molecule has 264 valence electrons. The molecule has 3 aromatic rings. The molecule has 0 spiro atoms. The van der Waals surface area contributed by atoms with Crippen LogP contribution in [0.15, 0.2) is 53.8 Å². The van der Waals surface area contributed by atoms with Gasteiger partial charge in [0, 0.05) is 0 Å². The third-order valence-corrected chi connectivity index (χ3v) is 9.86. The van der Waals surface area contributed by atoms with Crippen molar-refractivity contribution in [3.63, 3.8) is 0 Å². The highest BCUT2D eigenvalue weighted by Crippen LogP contribution is 2.48. The van der Waals surface area contributed by atoms with Crippen LogP contribution >= 0.6 is 15.4 Å². The molecule has 5 N–H and O–H groups in total. The van der Waals surface area contributed by atoms with Gasteiger partial charge in [0.25, 0.3) is 0 Å². The number of nitrogens with one attached hydrogen (secondary N) is 1. The second-order valence-corrected chi connectivity index (χ2v) is 14.4. The number of ether oxygens (including phenoxy) is 2. The van der Waals surface area contributed by atoms with Gasteiger partial charge in [0.1, 0.15) is 60.2 Å². The summed E-state index contributed by atoms with van der Waals surface area (Å²) >= 11 is 0. The van der Waals surface area contributed by atoms with Gasteiger partial charge in [-0.1, -0.05) is 44.9 Å². The molecule has 1 saturated heterocycles. The number of hydrogen-bond acceptors (Lipinski definition) is 13. The first-order valence-electron chi connectivity index (χ1n) is 15.2. The van der Waals surface area contributed by atoms with Gasteiger partial charge in [0.15, 0.2) is 5.49 Å². The first kappa shape index (κ1) is 37.6. The van der Waals surface area contributed by atoms with E-state index in [1.165, 1.54) is 30.5 Å². The van der Waals surface area contributed by atoms with Gasteiger partial charge < -0.3 is 34.0 Å². The van der Waals surface area contributed by atoms with Crippen LogP contribution in [-0.2, 0) is 44.8 Å². The number of aromatic nitrogens is 3. The molecule has 0 saturated carbocycles. The van der Waals surface area contributed by atoms with E-state index in [1.54, 1.807) is 30.3 Å². The number of aliphatic imine (C=N–C) groups is 1. The lowest BCUT2D eigenvalue weighted by Gasteiger charge is -2.27. The van der Waals surface area contributed by atoms with E-state index >= 15 is 0 Å². The molecule has 0 bridgehead atoms. The van der Waals surface area contributed by atoms with Crippen LogP contribution in [-0.4, -0.2) is 83.7 Å². The van der Waals surface area contributed by atoms with E-state index in [2.05, 4.69) is 14.6 Å². The van der Waals surface area contributed by atoms with Gasteiger partial charge in [0.2, 0.25) is 0 Å². The van der Waals surface area contributed by atoms with Gasteiger partial charge in [-0.2, -0.15) is 5.10 Å². The lowest BCUT2D eigenvalue weighted by Crippen LogP contribution is -2.40. The van der Waals surface area contributed by atoms with Crippen molar-refractivity contribution in [1.29, 1.82) is 5.41 Å². The Balaban J connectivity index is 1.52. The molecule has 0 amide bonds. The lowest BCUT2D eigenvalue weighted by atomic mass is 9.93. The molecule has 1 fully saturated rings. The van der Waals surface area contributed by atoms with Gasteiger partial charge >= 0.3 is 21.4 Å². The molecule has 1 aromatic carbocycles. The van der Waals surface area contributed by atoms with Crippen molar-refractivity contribution in [2.75, 3.05) is 13.2 Å². The monoisotopic (exact) mass is 713 g/mol. The summed E-state index contributed by atoms with van der Waals surface area (Å²) in [5.41, 5.74) is -1.42. The van der Waals surface area contributed by atoms with Crippen molar-refractivity contribution in [1.82, 2.24) is 14.2 Å². The van der Waals surface area contributed by atoms with Gasteiger partial charge in [-0.3, -0.25) is 24.0 Å². The molecule has 48 heavy (non-hydrogen) atoms. The standard InChI is InChI=1S/C29H41N5O12P2/c1-5-20(6-2)14-42-28(37)19(3)31-17-47(38,46-21-10-8-7-9-11-21)43-15-23-25(35)26(36)29(4,45-23)24-13-12-22-27(30)33(16-32-34(22)24)18-44-48(39,40)41/h7-13,16-17,19-20,23,25-26,30,35-36H,5-6,14-15,18H2,1-4H3,(H2,39,40,41)/b30-27?,31-17+/t19-,23+,25+,26+,29-,47?/m0/s1. The summed E-state index contributed by atoms with van der Waals surface area (Å²) in [6.07, 6.45) is -1.52. The van der Waals surface area contributed by atoms with Gasteiger partial charge in [-0.15, -0.1) is 0 Å². The summed E-state index contributed by atoms with van der Waals surface area (Å²) in [4.78, 5) is 34.6. The van der Waals surface area contributed by atoms with E-state index in [4.69, 9.17) is 33.7 Å². The molecule has 6 atom stereocenters. The van der Waals surface area contributed by atoms with Crippen molar-refractivity contribution in [3.8, 4) is 5.75 Å².